The number of carbonyl (C=O) groups is 2. The zero-order chi connectivity index (χ0) is 21.8. The number of anilines is 3. The van der Waals surface area contributed by atoms with E-state index in [-0.39, 0.29) is 18.2 Å². The van der Waals surface area contributed by atoms with Gasteiger partial charge in [-0.15, -0.1) is 11.3 Å². The first-order valence-corrected chi connectivity index (χ1v) is 11.4. The lowest BCUT2D eigenvalue weighted by molar-refractivity contribution is -0.115. The predicted molar refractivity (Wildman–Crippen MR) is 124 cm³/mol. The first-order chi connectivity index (χ1) is 15.1. The van der Waals surface area contributed by atoms with Crippen molar-refractivity contribution in [1.82, 2.24) is 14.9 Å². The highest BCUT2D eigenvalue weighted by molar-refractivity contribution is 7.14. The monoisotopic (exact) mass is 435 g/mol. The summed E-state index contributed by atoms with van der Waals surface area (Å²) in [6.07, 6.45) is 3.83. The molecule has 160 valence electrons. The van der Waals surface area contributed by atoms with Gasteiger partial charge in [-0.25, -0.2) is 9.97 Å². The van der Waals surface area contributed by atoms with Crippen molar-refractivity contribution < 1.29 is 9.59 Å². The highest BCUT2D eigenvalue weighted by Crippen LogP contribution is 2.37. The fourth-order valence-corrected chi connectivity index (χ4v) is 4.49. The van der Waals surface area contributed by atoms with Crippen molar-refractivity contribution in [2.75, 3.05) is 23.7 Å². The third-order valence-electron chi connectivity index (χ3n) is 5.03. The molecule has 3 heterocycles. The molecule has 0 fully saturated rings. The summed E-state index contributed by atoms with van der Waals surface area (Å²) in [5.41, 5.74) is 3.82. The number of nitrogens with one attached hydrogen (secondary N) is 2. The number of amides is 2. The van der Waals surface area contributed by atoms with Gasteiger partial charge in [-0.3, -0.25) is 9.59 Å². The molecule has 0 spiro atoms. The molecule has 31 heavy (non-hydrogen) atoms. The minimum atomic E-state index is -0.0665. The second kappa shape index (κ2) is 9.26. The second-order valence-electron chi connectivity index (χ2n) is 7.45. The van der Waals surface area contributed by atoms with Gasteiger partial charge in [0.2, 0.25) is 11.9 Å². The van der Waals surface area contributed by atoms with Gasteiger partial charge in [0.05, 0.1) is 22.7 Å². The van der Waals surface area contributed by atoms with Crippen LogP contribution in [0.1, 0.15) is 42.6 Å². The molecule has 2 aromatic heterocycles. The van der Waals surface area contributed by atoms with E-state index in [1.165, 1.54) is 11.3 Å². The summed E-state index contributed by atoms with van der Waals surface area (Å²) in [6.45, 7) is 5.68. The molecule has 4 rings (SSSR count). The minimum absolute atomic E-state index is 0.0546. The van der Waals surface area contributed by atoms with E-state index in [9.17, 15) is 9.59 Å². The molecule has 3 aromatic rings. The molecule has 2 N–H and O–H groups in total. The fourth-order valence-electron chi connectivity index (χ4n) is 3.61. The third kappa shape index (κ3) is 4.59. The van der Waals surface area contributed by atoms with Crippen molar-refractivity contribution in [3.8, 4) is 10.6 Å². The van der Waals surface area contributed by atoms with Crippen LogP contribution < -0.4 is 10.6 Å². The Morgan fingerprint density at radius 1 is 1.16 bits per heavy atom. The Labute approximate surface area is 185 Å². The molecule has 0 saturated carbocycles. The second-order valence-corrected chi connectivity index (χ2v) is 8.37. The van der Waals surface area contributed by atoms with Crippen molar-refractivity contribution in [2.45, 2.75) is 33.1 Å². The smallest absolute Gasteiger partial charge is 0.253 e. The summed E-state index contributed by atoms with van der Waals surface area (Å²) in [7, 11) is 0. The number of thiophene rings is 1. The Hall–Kier alpha value is -3.26. The van der Waals surface area contributed by atoms with Crippen molar-refractivity contribution in [2.24, 2.45) is 0 Å². The van der Waals surface area contributed by atoms with Crippen LogP contribution in [-0.2, 0) is 11.2 Å². The van der Waals surface area contributed by atoms with Gasteiger partial charge >= 0.3 is 0 Å². The summed E-state index contributed by atoms with van der Waals surface area (Å²) < 4.78 is 0. The molecule has 0 saturated heterocycles. The van der Waals surface area contributed by atoms with Gasteiger partial charge in [0.15, 0.2) is 0 Å². The molecule has 8 heteroatoms. The number of rotatable bonds is 7. The highest BCUT2D eigenvalue weighted by Gasteiger charge is 2.22. The standard InChI is InChI=1S/C23H25N5O2S/c1-3-10-28(11-4-2)22(30)15-5-7-17(8-6-15)25-23-24-14-16-13-19(29)26-18-9-12-31-21(18)20(16)27-23/h5-9,12,14H,3-4,10-11,13H2,1-2H3,(H,26,29)(H,24,25,27). The van der Waals surface area contributed by atoms with Crippen molar-refractivity contribution in [1.29, 1.82) is 0 Å². The molecule has 0 aliphatic carbocycles. The number of aromatic nitrogens is 2. The largest absolute Gasteiger partial charge is 0.339 e. The van der Waals surface area contributed by atoms with Crippen molar-refractivity contribution in [3.05, 3.63) is 53.0 Å². The van der Waals surface area contributed by atoms with Gasteiger partial charge in [-0.2, -0.15) is 0 Å². The molecular formula is C23H25N5O2S. The van der Waals surface area contributed by atoms with Gasteiger partial charge in [0.25, 0.3) is 5.91 Å². The van der Waals surface area contributed by atoms with Crippen LogP contribution in [0.4, 0.5) is 17.3 Å². The van der Waals surface area contributed by atoms with Gasteiger partial charge in [0, 0.05) is 36.1 Å². The molecule has 1 aromatic carbocycles. The number of hydrogen-bond acceptors (Lipinski definition) is 6. The summed E-state index contributed by atoms with van der Waals surface area (Å²) in [5.74, 6) is 0.437. The highest BCUT2D eigenvalue weighted by atomic mass is 32.1. The lowest BCUT2D eigenvalue weighted by Gasteiger charge is -2.21. The molecule has 0 bridgehead atoms. The molecule has 1 aliphatic heterocycles. The van der Waals surface area contributed by atoms with Gasteiger partial charge in [0.1, 0.15) is 0 Å². The Balaban J connectivity index is 1.54. The maximum absolute atomic E-state index is 12.8. The average molecular weight is 436 g/mol. The zero-order valence-electron chi connectivity index (χ0n) is 17.6. The molecule has 2 amide bonds. The molecule has 0 unspecified atom stereocenters. The fraction of sp³-hybridized carbons (Fsp3) is 0.304. The summed E-state index contributed by atoms with van der Waals surface area (Å²) in [4.78, 5) is 36.7. The van der Waals surface area contributed by atoms with Gasteiger partial charge in [-0.05, 0) is 48.6 Å². The van der Waals surface area contributed by atoms with Crippen LogP contribution >= 0.6 is 11.3 Å². The quantitative estimate of drug-likeness (QED) is 0.561. The van der Waals surface area contributed by atoms with E-state index in [0.717, 1.165) is 53.4 Å². The van der Waals surface area contributed by atoms with Crippen LogP contribution in [0.2, 0.25) is 0 Å². The molecule has 0 radical (unpaired) electrons. The van der Waals surface area contributed by atoms with E-state index in [4.69, 9.17) is 0 Å². The summed E-state index contributed by atoms with van der Waals surface area (Å²) in [5, 5.41) is 8.05. The van der Waals surface area contributed by atoms with Crippen molar-refractivity contribution in [3.63, 3.8) is 0 Å². The Morgan fingerprint density at radius 2 is 1.90 bits per heavy atom. The van der Waals surface area contributed by atoms with Crippen molar-refractivity contribution >= 4 is 40.5 Å². The maximum atomic E-state index is 12.8. The number of nitrogens with zero attached hydrogens (tertiary/aromatic N) is 3. The summed E-state index contributed by atoms with van der Waals surface area (Å²) in [6, 6.07) is 9.26. The van der Waals surface area contributed by atoms with Crippen LogP contribution in [0.5, 0.6) is 0 Å². The Kier molecular flexibility index (Phi) is 6.27. The predicted octanol–water partition coefficient (Wildman–Crippen LogP) is 4.71. The lowest BCUT2D eigenvalue weighted by atomic mass is 10.1. The Bertz CT molecular complexity index is 1090. The van der Waals surface area contributed by atoms with E-state index in [1.54, 1.807) is 6.20 Å². The number of fused-ring (bicyclic) bond motifs is 3. The number of carbonyl (C=O) groups excluding carboxylic acids is 2. The SMILES string of the molecule is CCCN(CCC)C(=O)c1ccc(Nc2ncc3c(n2)-c2sccc2NC(=O)C3)cc1. The van der Waals surface area contributed by atoms with Crippen LogP contribution in [0.15, 0.2) is 41.9 Å². The van der Waals surface area contributed by atoms with Crippen LogP contribution in [0.3, 0.4) is 0 Å². The Morgan fingerprint density at radius 3 is 2.61 bits per heavy atom. The average Bonchev–Trinajstić information content (AvgIpc) is 3.17. The van der Waals surface area contributed by atoms with Gasteiger partial charge < -0.3 is 15.5 Å². The summed E-state index contributed by atoms with van der Waals surface area (Å²) >= 11 is 1.54. The van der Waals surface area contributed by atoms with E-state index < -0.39 is 0 Å². The van der Waals surface area contributed by atoms with E-state index in [2.05, 4.69) is 34.4 Å². The number of hydrogen-bond donors (Lipinski definition) is 2. The van der Waals surface area contributed by atoms with Gasteiger partial charge in [-0.1, -0.05) is 13.8 Å². The lowest BCUT2D eigenvalue weighted by Crippen LogP contribution is -2.32. The van der Waals surface area contributed by atoms with Crippen LogP contribution in [0, 0.1) is 0 Å². The molecule has 0 atom stereocenters. The van der Waals surface area contributed by atoms with Crippen LogP contribution in [0.25, 0.3) is 10.6 Å². The molecule has 7 nitrogen and oxygen atoms in total. The normalized spacial score (nSPS) is 12.4. The molecule has 1 aliphatic rings. The van der Waals surface area contributed by atoms with E-state index in [0.29, 0.717) is 11.5 Å². The number of benzene rings is 1. The minimum Gasteiger partial charge on any atom is -0.339 e. The van der Waals surface area contributed by atoms with E-state index >= 15 is 0 Å². The third-order valence-corrected chi connectivity index (χ3v) is 5.95. The first-order valence-electron chi connectivity index (χ1n) is 10.5. The maximum Gasteiger partial charge on any atom is 0.253 e. The van der Waals surface area contributed by atoms with E-state index in [1.807, 2.05) is 40.6 Å². The first kappa shape index (κ1) is 21.0. The molecular weight excluding hydrogens is 410 g/mol. The zero-order valence-corrected chi connectivity index (χ0v) is 18.5. The topological polar surface area (TPSA) is 87.2 Å². The van der Waals surface area contributed by atoms with Crippen LogP contribution in [-0.4, -0.2) is 39.8 Å².